The molecule has 2 aromatic rings. The number of aryl methyl sites for hydroxylation is 2. The van der Waals surface area contributed by atoms with E-state index >= 15 is 0 Å². The smallest absolute Gasteiger partial charge is 0.257 e. The van der Waals surface area contributed by atoms with Crippen molar-refractivity contribution in [2.75, 3.05) is 0 Å². The van der Waals surface area contributed by atoms with Crippen LogP contribution in [0.2, 0.25) is 0 Å². The third-order valence-corrected chi connectivity index (χ3v) is 4.57. The maximum absolute atomic E-state index is 12.3. The molecule has 0 aliphatic rings. The van der Waals surface area contributed by atoms with Gasteiger partial charge in [-0.15, -0.1) is 0 Å². The number of nitrogens with zero attached hydrogens (tertiary/aromatic N) is 1. The summed E-state index contributed by atoms with van der Waals surface area (Å²) in [7, 11) is 0. The molecule has 0 aliphatic carbocycles. The minimum atomic E-state index is -0.353. The van der Waals surface area contributed by atoms with Crippen LogP contribution in [-0.4, -0.2) is 10.5 Å². The summed E-state index contributed by atoms with van der Waals surface area (Å²) in [5, 5.41) is 2.80. The summed E-state index contributed by atoms with van der Waals surface area (Å²) in [6.45, 7) is 6.93. The fourth-order valence-electron chi connectivity index (χ4n) is 2.19. The molecular weight excluding hydrogens is 344 g/mol. The molecule has 1 aromatic heterocycles. The van der Waals surface area contributed by atoms with Crippen molar-refractivity contribution in [2.45, 2.75) is 33.9 Å². The predicted molar refractivity (Wildman–Crippen MR) is 91.2 cm³/mol. The van der Waals surface area contributed by atoms with Gasteiger partial charge >= 0.3 is 0 Å². The minimum Gasteiger partial charge on any atom is -0.350 e. The van der Waals surface area contributed by atoms with Crippen LogP contribution in [0, 0.1) is 13.8 Å². The van der Waals surface area contributed by atoms with Gasteiger partial charge in [0.2, 0.25) is 5.43 Å². The van der Waals surface area contributed by atoms with Gasteiger partial charge in [-0.2, -0.15) is 0 Å². The maximum Gasteiger partial charge on any atom is 0.257 e. The van der Waals surface area contributed by atoms with Crippen molar-refractivity contribution in [3.8, 4) is 0 Å². The third kappa shape index (κ3) is 3.47. The average molecular weight is 363 g/mol. The molecular formula is C17H19BrN2O2. The van der Waals surface area contributed by atoms with Crippen LogP contribution in [0.5, 0.6) is 0 Å². The van der Waals surface area contributed by atoms with E-state index in [-0.39, 0.29) is 16.9 Å². The highest BCUT2D eigenvalue weighted by atomic mass is 79.9. The lowest BCUT2D eigenvalue weighted by molar-refractivity contribution is 0.0949. The van der Waals surface area contributed by atoms with Gasteiger partial charge in [0, 0.05) is 25.0 Å². The molecule has 0 fully saturated rings. The average Bonchev–Trinajstić information content (AvgIpc) is 2.52. The van der Waals surface area contributed by atoms with Crippen molar-refractivity contribution >= 4 is 21.8 Å². The first kappa shape index (κ1) is 16.5. The molecule has 0 radical (unpaired) electrons. The zero-order chi connectivity index (χ0) is 16.3. The van der Waals surface area contributed by atoms with Gasteiger partial charge in [-0.3, -0.25) is 9.59 Å². The molecule has 1 amide bonds. The number of amides is 1. The standard InChI is InChI=1S/C17H19BrN2O2/c1-4-20-10-14(16(21)15(18)12(20)3)17(22)19-9-13-7-5-11(2)6-8-13/h5-8,10H,4,9H2,1-3H3,(H,19,22). The Labute approximate surface area is 138 Å². The van der Waals surface area contributed by atoms with Crippen LogP contribution in [0.25, 0.3) is 0 Å². The van der Waals surface area contributed by atoms with E-state index in [1.165, 1.54) is 5.56 Å². The molecule has 0 unspecified atom stereocenters. The number of hydrogen-bond acceptors (Lipinski definition) is 2. The van der Waals surface area contributed by atoms with Gasteiger partial charge in [0.1, 0.15) is 5.56 Å². The van der Waals surface area contributed by atoms with E-state index in [2.05, 4.69) is 21.2 Å². The molecule has 0 atom stereocenters. The number of hydrogen-bond donors (Lipinski definition) is 1. The Bertz CT molecular complexity index is 748. The van der Waals surface area contributed by atoms with E-state index in [1.807, 2.05) is 49.6 Å². The van der Waals surface area contributed by atoms with Crippen molar-refractivity contribution in [1.82, 2.24) is 9.88 Å². The van der Waals surface area contributed by atoms with Gasteiger partial charge in [0.05, 0.1) is 4.47 Å². The van der Waals surface area contributed by atoms with Crippen LogP contribution < -0.4 is 10.7 Å². The van der Waals surface area contributed by atoms with Gasteiger partial charge in [0.15, 0.2) is 0 Å². The first-order chi connectivity index (χ1) is 10.4. The van der Waals surface area contributed by atoms with Crippen molar-refractivity contribution in [2.24, 2.45) is 0 Å². The van der Waals surface area contributed by atoms with Crippen LogP contribution in [0.3, 0.4) is 0 Å². The molecule has 1 N–H and O–H groups in total. The summed E-state index contributed by atoms with van der Waals surface area (Å²) in [6.07, 6.45) is 1.62. The molecule has 4 nitrogen and oxygen atoms in total. The predicted octanol–water partition coefficient (Wildman–Crippen LogP) is 3.18. The van der Waals surface area contributed by atoms with Crippen molar-refractivity contribution < 1.29 is 4.79 Å². The summed E-state index contributed by atoms with van der Waals surface area (Å²) < 4.78 is 2.32. The summed E-state index contributed by atoms with van der Waals surface area (Å²) in [5.41, 5.74) is 2.88. The normalized spacial score (nSPS) is 10.5. The Morgan fingerprint density at radius 2 is 1.86 bits per heavy atom. The Balaban J connectivity index is 2.21. The third-order valence-electron chi connectivity index (χ3n) is 3.64. The molecule has 5 heteroatoms. The topological polar surface area (TPSA) is 51.1 Å². The second kappa shape index (κ2) is 6.92. The van der Waals surface area contributed by atoms with E-state index in [0.29, 0.717) is 17.6 Å². The lowest BCUT2D eigenvalue weighted by atomic mass is 10.1. The quantitative estimate of drug-likeness (QED) is 0.907. The van der Waals surface area contributed by atoms with Crippen molar-refractivity contribution in [3.63, 3.8) is 0 Å². The molecule has 1 heterocycles. The lowest BCUT2D eigenvalue weighted by Crippen LogP contribution is -2.30. The summed E-state index contributed by atoms with van der Waals surface area (Å²) in [4.78, 5) is 24.5. The van der Waals surface area contributed by atoms with E-state index in [0.717, 1.165) is 11.3 Å². The summed E-state index contributed by atoms with van der Waals surface area (Å²) in [6, 6.07) is 7.91. The molecule has 1 aromatic carbocycles. The summed E-state index contributed by atoms with van der Waals surface area (Å²) in [5.74, 6) is -0.353. The van der Waals surface area contributed by atoms with Crippen LogP contribution in [-0.2, 0) is 13.1 Å². The highest BCUT2D eigenvalue weighted by molar-refractivity contribution is 9.10. The summed E-state index contributed by atoms with van der Waals surface area (Å²) >= 11 is 3.28. The zero-order valence-corrected chi connectivity index (χ0v) is 14.5. The highest BCUT2D eigenvalue weighted by Crippen LogP contribution is 2.12. The largest absolute Gasteiger partial charge is 0.350 e. The molecule has 0 bridgehead atoms. The SMILES string of the molecule is CCn1cc(C(=O)NCc2ccc(C)cc2)c(=O)c(Br)c1C. The zero-order valence-electron chi connectivity index (χ0n) is 12.9. The second-order valence-electron chi connectivity index (χ2n) is 5.23. The molecule has 0 aliphatic heterocycles. The number of pyridine rings is 1. The van der Waals surface area contributed by atoms with E-state index in [4.69, 9.17) is 0 Å². The van der Waals surface area contributed by atoms with Crippen LogP contribution in [0.4, 0.5) is 0 Å². The fraction of sp³-hybridized carbons (Fsp3) is 0.294. The first-order valence-electron chi connectivity index (χ1n) is 7.17. The number of nitrogens with one attached hydrogen (secondary N) is 1. The van der Waals surface area contributed by atoms with Crippen LogP contribution in [0.15, 0.2) is 39.7 Å². The number of aromatic nitrogens is 1. The number of halogens is 1. The Morgan fingerprint density at radius 1 is 1.23 bits per heavy atom. The van der Waals surface area contributed by atoms with Crippen LogP contribution >= 0.6 is 15.9 Å². The van der Waals surface area contributed by atoms with Gasteiger partial charge in [0.25, 0.3) is 5.91 Å². The van der Waals surface area contributed by atoms with Gasteiger partial charge in [-0.1, -0.05) is 29.8 Å². The Kier molecular flexibility index (Phi) is 5.19. The van der Waals surface area contributed by atoms with Crippen LogP contribution in [0.1, 0.15) is 34.1 Å². The van der Waals surface area contributed by atoms with Crippen molar-refractivity contribution in [1.29, 1.82) is 0 Å². The highest BCUT2D eigenvalue weighted by Gasteiger charge is 2.15. The number of rotatable bonds is 4. The Hall–Kier alpha value is -1.88. The minimum absolute atomic E-state index is 0.159. The lowest BCUT2D eigenvalue weighted by Gasteiger charge is -2.12. The maximum atomic E-state index is 12.3. The van der Waals surface area contributed by atoms with Gasteiger partial charge in [-0.05, 0) is 42.3 Å². The van der Waals surface area contributed by atoms with E-state index in [9.17, 15) is 9.59 Å². The molecule has 22 heavy (non-hydrogen) atoms. The van der Waals surface area contributed by atoms with Gasteiger partial charge in [-0.25, -0.2) is 0 Å². The number of carbonyl (C=O) groups is 1. The van der Waals surface area contributed by atoms with Crippen molar-refractivity contribution in [3.05, 3.63) is 67.5 Å². The number of benzene rings is 1. The molecule has 0 saturated carbocycles. The second-order valence-corrected chi connectivity index (χ2v) is 6.02. The van der Waals surface area contributed by atoms with Gasteiger partial charge < -0.3 is 9.88 Å². The first-order valence-corrected chi connectivity index (χ1v) is 7.96. The monoisotopic (exact) mass is 362 g/mol. The van der Waals surface area contributed by atoms with E-state index < -0.39 is 0 Å². The molecule has 0 saturated heterocycles. The van der Waals surface area contributed by atoms with E-state index in [1.54, 1.807) is 6.20 Å². The Morgan fingerprint density at radius 3 is 2.45 bits per heavy atom. The molecule has 116 valence electrons. The molecule has 0 spiro atoms. The fourth-order valence-corrected chi connectivity index (χ4v) is 2.63. The number of carbonyl (C=O) groups excluding carboxylic acids is 1. The molecule has 2 rings (SSSR count).